The number of carbonyl (C=O) groups excluding carboxylic acids is 1. The summed E-state index contributed by atoms with van der Waals surface area (Å²) in [4.78, 5) is 11.3. The predicted molar refractivity (Wildman–Crippen MR) is 125 cm³/mol. The zero-order valence-corrected chi connectivity index (χ0v) is 17.9. The van der Waals surface area contributed by atoms with E-state index < -0.39 is 0 Å². The first-order chi connectivity index (χ1) is 15.1. The second-order valence-corrected chi connectivity index (χ2v) is 7.69. The number of aryl methyl sites for hydroxylation is 2. The summed E-state index contributed by atoms with van der Waals surface area (Å²) in [5, 5.41) is 2.51. The Kier molecular flexibility index (Phi) is 6.32. The number of benzene rings is 4. The van der Waals surface area contributed by atoms with E-state index in [1.165, 1.54) is 34.6 Å². The topological polar surface area (TPSA) is 35.5 Å². The molecule has 0 N–H and O–H groups in total. The number of esters is 1. The third-order valence-corrected chi connectivity index (χ3v) is 5.53. The Balaban J connectivity index is 1.48. The molecule has 0 heterocycles. The minimum absolute atomic E-state index is 0.193. The van der Waals surface area contributed by atoms with Gasteiger partial charge in [0.25, 0.3) is 0 Å². The van der Waals surface area contributed by atoms with Crippen molar-refractivity contribution in [3.63, 3.8) is 0 Å². The van der Waals surface area contributed by atoms with Gasteiger partial charge in [0.05, 0.1) is 7.11 Å². The van der Waals surface area contributed by atoms with Crippen molar-refractivity contribution in [1.29, 1.82) is 0 Å². The van der Waals surface area contributed by atoms with Crippen molar-refractivity contribution >= 4 is 16.7 Å². The Bertz CT molecular complexity index is 1190. The number of hydrogen-bond acceptors (Lipinski definition) is 3. The van der Waals surface area contributed by atoms with Crippen LogP contribution in [0.25, 0.3) is 21.9 Å². The second-order valence-electron chi connectivity index (χ2n) is 7.69. The molecule has 4 aromatic carbocycles. The summed E-state index contributed by atoms with van der Waals surface area (Å²) in [7, 11) is 1.41. The Morgan fingerprint density at radius 1 is 0.839 bits per heavy atom. The van der Waals surface area contributed by atoms with Crippen molar-refractivity contribution in [1.82, 2.24) is 0 Å². The molecule has 0 saturated heterocycles. The molecular formula is C28H26O3. The molecule has 0 saturated carbocycles. The number of methoxy groups -OCH3 is 1. The quantitative estimate of drug-likeness (QED) is 0.326. The van der Waals surface area contributed by atoms with Crippen molar-refractivity contribution < 1.29 is 14.3 Å². The highest BCUT2D eigenvalue weighted by molar-refractivity contribution is 5.98. The molecule has 0 atom stereocenters. The minimum atomic E-state index is -0.193. The van der Waals surface area contributed by atoms with Crippen LogP contribution < -0.4 is 4.74 Å². The van der Waals surface area contributed by atoms with Gasteiger partial charge in [0.2, 0.25) is 0 Å². The van der Waals surface area contributed by atoms with Gasteiger partial charge in [-0.15, -0.1) is 0 Å². The number of ether oxygens (including phenoxy) is 2. The van der Waals surface area contributed by atoms with Gasteiger partial charge in [-0.05, 0) is 70.1 Å². The molecule has 3 nitrogen and oxygen atoms in total. The summed E-state index contributed by atoms with van der Waals surface area (Å²) in [6.45, 7) is 2.66. The fraction of sp³-hybridized carbons (Fsp3) is 0.179. The van der Waals surface area contributed by atoms with Crippen LogP contribution in [0.15, 0.2) is 84.9 Å². The van der Waals surface area contributed by atoms with Gasteiger partial charge in [0, 0.05) is 6.42 Å². The van der Waals surface area contributed by atoms with E-state index in [4.69, 9.17) is 9.47 Å². The zero-order valence-electron chi connectivity index (χ0n) is 17.9. The molecular weight excluding hydrogens is 384 g/mol. The average molecular weight is 411 g/mol. The molecule has 0 radical (unpaired) electrons. The van der Waals surface area contributed by atoms with Crippen LogP contribution in [0.3, 0.4) is 0 Å². The Hall–Kier alpha value is -3.59. The molecule has 0 aliphatic carbocycles. The van der Waals surface area contributed by atoms with E-state index in [9.17, 15) is 4.79 Å². The second kappa shape index (κ2) is 9.48. The van der Waals surface area contributed by atoms with E-state index in [1.807, 2.05) is 24.3 Å². The van der Waals surface area contributed by atoms with Gasteiger partial charge in [0.15, 0.2) is 0 Å². The highest BCUT2D eigenvalue weighted by atomic mass is 16.5. The maximum atomic E-state index is 11.3. The Morgan fingerprint density at radius 2 is 1.65 bits per heavy atom. The van der Waals surface area contributed by atoms with Crippen LogP contribution in [-0.4, -0.2) is 13.1 Å². The van der Waals surface area contributed by atoms with E-state index in [-0.39, 0.29) is 5.97 Å². The first-order valence-electron chi connectivity index (χ1n) is 10.5. The normalized spacial score (nSPS) is 10.8. The van der Waals surface area contributed by atoms with Crippen LogP contribution in [0, 0.1) is 6.92 Å². The fourth-order valence-electron chi connectivity index (χ4n) is 3.85. The van der Waals surface area contributed by atoms with Gasteiger partial charge in [-0.2, -0.15) is 0 Å². The average Bonchev–Trinajstić information content (AvgIpc) is 2.82. The van der Waals surface area contributed by atoms with Crippen LogP contribution in [0.2, 0.25) is 0 Å². The SMILES string of the molecule is COC(=O)CCc1ccc(OCc2cccc(-c3c(C)ccc4ccccc34)c2)cc1. The molecule has 3 heteroatoms. The number of hydrogen-bond donors (Lipinski definition) is 0. The molecule has 0 amide bonds. The zero-order chi connectivity index (χ0) is 21.6. The van der Waals surface area contributed by atoms with Gasteiger partial charge in [-0.3, -0.25) is 4.79 Å². The molecule has 0 aliphatic rings. The summed E-state index contributed by atoms with van der Waals surface area (Å²) in [6, 6.07) is 29.3. The molecule has 4 aromatic rings. The fourth-order valence-corrected chi connectivity index (χ4v) is 3.85. The van der Waals surface area contributed by atoms with Crippen LogP contribution in [0.4, 0.5) is 0 Å². The van der Waals surface area contributed by atoms with Crippen LogP contribution in [0.5, 0.6) is 5.75 Å². The predicted octanol–water partition coefficient (Wildman–Crippen LogP) is 6.50. The van der Waals surface area contributed by atoms with E-state index >= 15 is 0 Å². The molecule has 0 bridgehead atoms. The van der Waals surface area contributed by atoms with E-state index in [0.717, 1.165) is 16.9 Å². The van der Waals surface area contributed by atoms with Crippen LogP contribution >= 0.6 is 0 Å². The third-order valence-electron chi connectivity index (χ3n) is 5.53. The molecule has 4 rings (SSSR count). The molecule has 0 spiro atoms. The smallest absolute Gasteiger partial charge is 0.305 e. The molecule has 156 valence electrons. The number of carbonyl (C=O) groups is 1. The highest BCUT2D eigenvalue weighted by Gasteiger charge is 2.08. The lowest BCUT2D eigenvalue weighted by Crippen LogP contribution is -2.02. The maximum Gasteiger partial charge on any atom is 0.305 e. The Labute approximate surface area is 183 Å². The highest BCUT2D eigenvalue weighted by Crippen LogP contribution is 2.32. The lowest BCUT2D eigenvalue weighted by molar-refractivity contribution is -0.140. The lowest BCUT2D eigenvalue weighted by Gasteiger charge is -2.13. The first kappa shape index (κ1) is 20.7. The third kappa shape index (κ3) is 4.95. The van der Waals surface area contributed by atoms with E-state index in [2.05, 4.69) is 67.6 Å². The minimum Gasteiger partial charge on any atom is -0.489 e. The maximum absolute atomic E-state index is 11.3. The van der Waals surface area contributed by atoms with Crippen molar-refractivity contribution in [3.05, 3.63) is 102 Å². The van der Waals surface area contributed by atoms with Crippen molar-refractivity contribution in [3.8, 4) is 16.9 Å². The summed E-state index contributed by atoms with van der Waals surface area (Å²) in [5.74, 6) is 0.621. The summed E-state index contributed by atoms with van der Waals surface area (Å²) < 4.78 is 10.7. The molecule has 0 fully saturated rings. The number of rotatable bonds is 7. The van der Waals surface area contributed by atoms with Gasteiger partial charge in [0.1, 0.15) is 12.4 Å². The summed E-state index contributed by atoms with van der Waals surface area (Å²) in [5.41, 5.74) is 5.95. The molecule has 0 unspecified atom stereocenters. The van der Waals surface area contributed by atoms with E-state index in [1.54, 1.807) is 0 Å². The van der Waals surface area contributed by atoms with Crippen molar-refractivity contribution in [2.45, 2.75) is 26.4 Å². The molecule has 0 aliphatic heterocycles. The number of fused-ring (bicyclic) bond motifs is 1. The molecule has 0 aromatic heterocycles. The summed E-state index contributed by atoms with van der Waals surface area (Å²) in [6.07, 6.45) is 1.05. The van der Waals surface area contributed by atoms with Crippen LogP contribution in [0.1, 0.15) is 23.1 Å². The van der Waals surface area contributed by atoms with Gasteiger partial charge < -0.3 is 9.47 Å². The monoisotopic (exact) mass is 410 g/mol. The van der Waals surface area contributed by atoms with Crippen LogP contribution in [-0.2, 0) is 22.6 Å². The van der Waals surface area contributed by atoms with Gasteiger partial charge in [-0.1, -0.05) is 66.7 Å². The largest absolute Gasteiger partial charge is 0.489 e. The standard InChI is InChI=1S/C28H26O3/c1-20-10-14-23-7-3-4-9-26(23)28(20)24-8-5-6-22(18-24)19-31-25-15-11-21(12-16-25)13-17-27(29)30-2/h3-12,14-16,18H,13,17,19H2,1-2H3. The summed E-state index contributed by atoms with van der Waals surface area (Å²) >= 11 is 0. The van der Waals surface area contributed by atoms with Gasteiger partial charge in [-0.25, -0.2) is 0 Å². The van der Waals surface area contributed by atoms with Gasteiger partial charge >= 0.3 is 5.97 Å². The Morgan fingerprint density at radius 3 is 2.45 bits per heavy atom. The molecule has 31 heavy (non-hydrogen) atoms. The lowest BCUT2D eigenvalue weighted by atomic mass is 9.93. The van der Waals surface area contributed by atoms with E-state index in [0.29, 0.717) is 19.4 Å². The first-order valence-corrected chi connectivity index (χ1v) is 10.5. The van der Waals surface area contributed by atoms with Crippen molar-refractivity contribution in [2.75, 3.05) is 7.11 Å². The van der Waals surface area contributed by atoms with Crippen molar-refractivity contribution in [2.24, 2.45) is 0 Å².